The second-order valence-electron chi connectivity index (χ2n) is 7.03. The predicted octanol–water partition coefficient (Wildman–Crippen LogP) is 4.30. The second kappa shape index (κ2) is 10.5. The Hall–Kier alpha value is -3.31. The number of rotatable bonds is 9. The summed E-state index contributed by atoms with van der Waals surface area (Å²) >= 11 is 0. The van der Waals surface area contributed by atoms with Crippen LogP contribution in [-0.2, 0) is 11.2 Å². The van der Waals surface area contributed by atoms with Gasteiger partial charge in [0.15, 0.2) is 5.78 Å². The van der Waals surface area contributed by atoms with E-state index in [1.165, 1.54) is 0 Å². The first-order valence-electron chi connectivity index (χ1n) is 10.2. The molecule has 0 bridgehead atoms. The molecule has 0 unspecified atom stereocenters. The van der Waals surface area contributed by atoms with Crippen molar-refractivity contribution in [1.29, 1.82) is 0 Å². The maximum Gasteiger partial charge on any atom is 0.226 e. The predicted molar refractivity (Wildman–Crippen MR) is 118 cm³/mol. The van der Waals surface area contributed by atoms with Crippen molar-refractivity contribution in [2.75, 3.05) is 18.1 Å². The molecule has 0 radical (unpaired) electrons. The molecule has 1 N–H and O–H groups in total. The number of carbonyl (C=O) groups excluding carboxylic acids is 2. The third kappa shape index (κ3) is 5.39. The highest BCUT2D eigenvalue weighted by Gasteiger charge is 2.13. The molecule has 3 aromatic rings. The number of amides is 1. The summed E-state index contributed by atoms with van der Waals surface area (Å²) in [6, 6.07) is 19.1. The van der Waals surface area contributed by atoms with Gasteiger partial charge in [0.2, 0.25) is 5.91 Å². The first-order valence-corrected chi connectivity index (χ1v) is 10.2. The number of hydrogen-bond donors (Lipinski definition) is 1. The van der Waals surface area contributed by atoms with E-state index in [9.17, 15) is 14.7 Å². The van der Waals surface area contributed by atoms with E-state index in [-0.39, 0.29) is 24.8 Å². The van der Waals surface area contributed by atoms with Crippen LogP contribution in [0.25, 0.3) is 11.1 Å². The average molecular weight is 402 g/mol. The summed E-state index contributed by atoms with van der Waals surface area (Å²) in [5, 5.41) is 9.22. The summed E-state index contributed by atoms with van der Waals surface area (Å²) in [6.45, 7) is 2.01. The van der Waals surface area contributed by atoms with Crippen LogP contribution in [0.15, 0.2) is 73.1 Å². The molecule has 0 aliphatic carbocycles. The highest BCUT2D eigenvalue weighted by atomic mass is 16.3. The maximum absolute atomic E-state index is 12.5. The van der Waals surface area contributed by atoms with Gasteiger partial charge in [0.05, 0.1) is 6.61 Å². The number of pyridine rings is 1. The van der Waals surface area contributed by atoms with E-state index in [0.29, 0.717) is 24.8 Å². The Morgan fingerprint density at radius 2 is 1.63 bits per heavy atom. The molecule has 1 aromatic heterocycles. The average Bonchev–Trinajstić information content (AvgIpc) is 2.81. The van der Waals surface area contributed by atoms with Gasteiger partial charge in [-0.3, -0.25) is 14.6 Å². The highest BCUT2D eigenvalue weighted by Crippen LogP contribution is 2.24. The lowest BCUT2D eigenvalue weighted by Gasteiger charge is -2.21. The number of carbonyl (C=O) groups is 2. The fourth-order valence-electron chi connectivity index (χ4n) is 3.32. The molecule has 3 rings (SSSR count). The van der Waals surface area contributed by atoms with E-state index in [0.717, 1.165) is 22.4 Å². The van der Waals surface area contributed by atoms with Crippen molar-refractivity contribution in [3.05, 3.63) is 84.2 Å². The molecule has 0 saturated carbocycles. The molecule has 0 atom stereocenters. The lowest BCUT2D eigenvalue weighted by atomic mass is 9.99. The van der Waals surface area contributed by atoms with E-state index in [1.807, 2.05) is 60.7 Å². The molecule has 0 saturated heterocycles. The number of hydrogen-bond acceptors (Lipinski definition) is 4. The first-order chi connectivity index (χ1) is 14.6. The summed E-state index contributed by atoms with van der Waals surface area (Å²) in [5.41, 5.74) is 4.52. The van der Waals surface area contributed by atoms with Gasteiger partial charge in [-0.1, -0.05) is 49.4 Å². The Bertz CT molecular complexity index is 968. The fourth-order valence-corrected chi connectivity index (χ4v) is 3.32. The Balaban J connectivity index is 1.66. The van der Waals surface area contributed by atoms with Crippen LogP contribution in [0, 0.1) is 0 Å². The van der Waals surface area contributed by atoms with Crippen molar-refractivity contribution in [2.24, 2.45) is 0 Å². The molecule has 1 heterocycles. The molecule has 5 heteroatoms. The van der Waals surface area contributed by atoms with Crippen molar-refractivity contribution in [3.8, 4) is 11.1 Å². The number of aliphatic hydroxyl groups is 1. The first kappa shape index (κ1) is 21.4. The van der Waals surface area contributed by atoms with Crippen LogP contribution in [0.4, 0.5) is 5.69 Å². The standard InChI is InChI=1S/C25H26N2O3/c1-2-25(30)27(16-17-28)23-12-10-21(11-13-23)20-6-8-22(9-7-20)24(29)14-5-19-4-3-15-26-18-19/h3-4,6-13,15,18,28H,2,5,14,16-17H2,1H3. The van der Waals surface area contributed by atoms with E-state index in [2.05, 4.69) is 4.98 Å². The third-order valence-corrected chi connectivity index (χ3v) is 5.01. The number of benzene rings is 2. The Kier molecular flexibility index (Phi) is 7.46. The number of ketones is 1. The SMILES string of the molecule is CCC(=O)N(CCO)c1ccc(-c2ccc(C(=O)CCc3cccnc3)cc2)cc1. The monoisotopic (exact) mass is 402 g/mol. The van der Waals surface area contributed by atoms with Crippen LogP contribution >= 0.6 is 0 Å². The molecule has 2 aromatic carbocycles. The number of Topliss-reactive ketones (excluding diaryl/α,β-unsaturated/α-hetero) is 1. The number of aromatic nitrogens is 1. The van der Waals surface area contributed by atoms with Crippen molar-refractivity contribution in [3.63, 3.8) is 0 Å². The van der Waals surface area contributed by atoms with Crippen LogP contribution in [-0.4, -0.2) is 34.9 Å². The largest absolute Gasteiger partial charge is 0.395 e. The van der Waals surface area contributed by atoms with Crippen LogP contribution in [0.3, 0.4) is 0 Å². The van der Waals surface area contributed by atoms with E-state index < -0.39 is 0 Å². The van der Waals surface area contributed by atoms with Crippen LogP contribution in [0.5, 0.6) is 0 Å². The van der Waals surface area contributed by atoms with Gasteiger partial charge in [-0.05, 0) is 41.3 Å². The molecule has 0 aliphatic heterocycles. The van der Waals surface area contributed by atoms with Gasteiger partial charge < -0.3 is 10.0 Å². The lowest BCUT2D eigenvalue weighted by Crippen LogP contribution is -2.32. The Labute approximate surface area is 177 Å². The van der Waals surface area contributed by atoms with Crippen LogP contribution < -0.4 is 4.90 Å². The zero-order chi connectivity index (χ0) is 21.3. The molecule has 5 nitrogen and oxygen atoms in total. The molecule has 1 amide bonds. The molecule has 0 spiro atoms. The summed E-state index contributed by atoms with van der Waals surface area (Å²) in [4.78, 5) is 30.2. The second-order valence-corrected chi connectivity index (χ2v) is 7.03. The van der Waals surface area contributed by atoms with Crippen molar-refractivity contribution in [2.45, 2.75) is 26.2 Å². The van der Waals surface area contributed by atoms with E-state index in [4.69, 9.17) is 0 Å². The fraction of sp³-hybridized carbons (Fsp3) is 0.240. The smallest absolute Gasteiger partial charge is 0.226 e. The Morgan fingerprint density at radius 3 is 2.20 bits per heavy atom. The highest BCUT2D eigenvalue weighted by molar-refractivity contribution is 5.96. The minimum Gasteiger partial charge on any atom is -0.395 e. The normalized spacial score (nSPS) is 10.6. The van der Waals surface area contributed by atoms with Gasteiger partial charge in [-0.25, -0.2) is 0 Å². The van der Waals surface area contributed by atoms with Gasteiger partial charge in [-0.2, -0.15) is 0 Å². The van der Waals surface area contributed by atoms with E-state index >= 15 is 0 Å². The number of anilines is 1. The number of nitrogens with zero attached hydrogens (tertiary/aromatic N) is 2. The lowest BCUT2D eigenvalue weighted by molar-refractivity contribution is -0.118. The van der Waals surface area contributed by atoms with Gasteiger partial charge in [0, 0.05) is 43.0 Å². The molecule has 0 aliphatic rings. The molecular weight excluding hydrogens is 376 g/mol. The molecule has 30 heavy (non-hydrogen) atoms. The van der Waals surface area contributed by atoms with Crippen molar-refractivity contribution < 1.29 is 14.7 Å². The van der Waals surface area contributed by atoms with E-state index in [1.54, 1.807) is 24.2 Å². The van der Waals surface area contributed by atoms with Crippen molar-refractivity contribution in [1.82, 2.24) is 4.98 Å². The minimum atomic E-state index is -0.0796. The van der Waals surface area contributed by atoms with Gasteiger partial charge in [0.1, 0.15) is 0 Å². The zero-order valence-corrected chi connectivity index (χ0v) is 17.1. The van der Waals surface area contributed by atoms with Gasteiger partial charge in [0.25, 0.3) is 0 Å². The van der Waals surface area contributed by atoms with Crippen LogP contribution in [0.1, 0.15) is 35.7 Å². The zero-order valence-electron chi connectivity index (χ0n) is 17.1. The Morgan fingerprint density at radius 1 is 0.967 bits per heavy atom. The number of aryl methyl sites for hydroxylation is 1. The minimum absolute atomic E-state index is 0.0223. The maximum atomic E-state index is 12.5. The molecule has 154 valence electrons. The number of aliphatic hydroxyl groups excluding tert-OH is 1. The summed E-state index contributed by atoms with van der Waals surface area (Å²) < 4.78 is 0. The summed E-state index contributed by atoms with van der Waals surface area (Å²) in [5.74, 6) is 0.0874. The quantitative estimate of drug-likeness (QED) is 0.542. The van der Waals surface area contributed by atoms with Crippen LogP contribution in [0.2, 0.25) is 0 Å². The summed E-state index contributed by atoms with van der Waals surface area (Å²) in [7, 11) is 0. The van der Waals surface area contributed by atoms with Gasteiger partial charge in [-0.15, -0.1) is 0 Å². The third-order valence-electron chi connectivity index (χ3n) is 5.01. The van der Waals surface area contributed by atoms with Gasteiger partial charge >= 0.3 is 0 Å². The van der Waals surface area contributed by atoms with Crippen molar-refractivity contribution >= 4 is 17.4 Å². The molecular formula is C25H26N2O3. The molecule has 0 fully saturated rings. The summed E-state index contributed by atoms with van der Waals surface area (Å²) in [6.07, 6.45) is 5.03. The topological polar surface area (TPSA) is 70.5 Å².